The van der Waals surface area contributed by atoms with E-state index in [1.807, 2.05) is 56.0 Å². The van der Waals surface area contributed by atoms with Gasteiger partial charge in [0.1, 0.15) is 12.4 Å². The number of morpholine rings is 1. The van der Waals surface area contributed by atoms with E-state index in [9.17, 15) is 18.8 Å². The van der Waals surface area contributed by atoms with Crippen LogP contribution in [-0.4, -0.2) is 52.8 Å². The minimum absolute atomic E-state index is 0.0172. The Hall–Kier alpha value is -3.75. The van der Waals surface area contributed by atoms with E-state index in [1.54, 1.807) is 36.1 Å². The van der Waals surface area contributed by atoms with Gasteiger partial charge in [0.15, 0.2) is 0 Å². The number of hydrogen-bond acceptors (Lipinski definition) is 4. The lowest BCUT2D eigenvalue weighted by Crippen LogP contribution is -2.55. The number of anilines is 1. The maximum absolute atomic E-state index is 15.0. The highest BCUT2D eigenvalue weighted by Crippen LogP contribution is 2.39. The first-order valence-electron chi connectivity index (χ1n) is 14.6. The van der Waals surface area contributed by atoms with Gasteiger partial charge < -0.3 is 19.9 Å². The van der Waals surface area contributed by atoms with Crippen LogP contribution < -0.4 is 5.32 Å². The molecule has 0 bridgehead atoms. The molecule has 0 radical (unpaired) electrons. The molecular formula is C34H37ClFN3O4. The zero-order valence-electron chi connectivity index (χ0n) is 25.0. The van der Waals surface area contributed by atoms with Crippen molar-refractivity contribution in [2.45, 2.75) is 58.7 Å². The van der Waals surface area contributed by atoms with E-state index in [2.05, 4.69) is 5.32 Å². The predicted molar refractivity (Wildman–Crippen MR) is 164 cm³/mol. The SMILES string of the molecule is Cc1ccc(NC(=O)[C@H]2CCCN(C(=O)c3c(C)cccc3F)[C@H]2c2ccc(CN3C(=O)COCC3(C)C)cc2)cc1Cl. The minimum Gasteiger partial charge on any atom is -0.369 e. The molecule has 9 heteroatoms. The summed E-state index contributed by atoms with van der Waals surface area (Å²) in [5, 5.41) is 3.53. The number of carbonyl (C=O) groups is 3. The number of aryl methyl sites for hydroxylation is 2. The quantitative estimate of drug-likeness (QED) is 0.350. The standard InChI is InChI=1S/C34H37ClFN3O4/c1-21-10-15-25(17-27(21)35)37-32(41)26-8-6-16-38(33(42)30-22(2)7-5-9-28(30)36)31(26)24-13-11-23(12-14-24)18-39-29(40)19-43-20-34(39,3)4/h5,7,9-15,17,26,31H,6,8,16,18-20H2,1-4H3,(H,37,41)/t26-,31-/m0/s1. The number of rotatable bonds is 6. The molecule has 2 atom stereocenters. The van der Waals surface area contributed by atoms with Gasteiger partial charge in [-0.15, -0.1) is 0 Å². The fourth-order valence-electron chi connectivity index (χ4n) is 6.05. The van der Waals surface area contributed by atoms with Crippen LogP contribution in [0.25, 0.3) is 0 Å². The van der Waals surface area contributed by atoms with Crippen LogP contribution in [0.2, 0.25) is 5.02 Å². The number of hydrogen-bond donors (Lipinski definition) is 1. The molecule has 2 aliphatic heterocycles. The number of halogens is 2. The number of nitrogens with one attached hydrogen (secondary N) is 1. The molecule has 0 unspecified atom stereocenters. The number of piperidine rings is 1. The number of amides is 3. The molecule has 43 heavy (non-hydrogen) atoms. The van der Waals surface area contributed by atoms with Crippen molar-refractivity contribution >= 4 is 35.0 Å². The van der Waals surface area contributed by atoms with Crippen LogP contribution in [0.4, 0.5) is 10.1 Å². The van der Waals surface area contributed by atoms with Crippen molar-refractivity contribution in [3.05, 3.63) is 99.3 Å². The Morgan fingerprint density at radius 3 is 2.49 bits per heavy atom. The molecule has 7 nitrogen and oxygen atoms in total. The van der Waals surface area contributed by atoms with E-state index in [0.29, 0.717) is 48.8 Å². The molecule has 5 rings (SSSR count). The number of benzene rings is 3. The van der Waals surface area contributed by atoms with E-state index >= 15 is 0 Å². The van der Waals surface area contributed by atoms with Crippen molar-refractivity contribution in [1.82, 2.24) is 9.80 Å². The summed E-state index contributed by atoms with van der Waals surface area (Å²) in [4.78, 5) is 43.8. The Bertz CT molecular complexity index is 1520. The van der Waals surface area contributed by atoms with Crippen LogP contribution in [0.5, 0.6) is 0 Å². The van der Waals surface area contributed by atoms with E-state index < -0.39 is 29.2 Å². The number of carbonyl (C=O) groups excluding carboxylic acids is 3. The summed E-state index contributed by atoms with van der Waals surface area (Å²) >= 11 is 6.31. The van der Waals surface area contributed by atoms with Crippen LogP contribution in [0.3, 0.4) is 0 Å². The summed E-state index contributed by atoms with van der Waals surface area (Å²) in [5.74, 6) is -1.93. The van der Waals surface area contributed by atoms with Crippen molar-refractivity contribution in [3.63, 3.8) is 0 Å². The lowest BCUT2D eigenvalue weighted by atomic mass is 9.83. The lowest BCUT2D eigenvalue weighted by Gasteiger charge is -2.42. The van der Waals surface area contributed by atoms with Gasteiger partial charge in [-0.25, -0.2) is 4.39 Å². The number of likely N-dealkylation sites (tertiary alicyclic amines) is 1. The average molecular weight is 606 g/mol. The molecule has 0 aliphatic carbocycles. The van der Waals surface area contributed by atoms with Crippen molar-refractivity contribution < 1.29 is 23.5 Å². The molecule has 2 saturated heterocycles. The Balaban J connectivity index is 1.48. The third-order valence-corrected chi connectivity index (χ3v) is 8.89. The van der Waals surface area contributed by atoms with Crippen LogP contribution in [-0.2, 0) is 20.9 Å². The van der Waals surface area contributed by atoms with E-state index in [4.69, 9.17) is 16.3 Å². The van der Waals surface area contributed by atoms with Crippen LogP contribution >= 0.6 is 11.6 Å². The fraction of sp³-hybridized carbons (Fsp3) is 0.382. The first-order chi connectivity index (χ1) is 20.5. The first-order valence-corrected chi connectivity index (χ1v) is 14.9. The predicted octanol–water partition coefficient (Wildman–Crippen LogP) is 6.47. The van der Waals surface area contributed by atoms with Crippen LogP contribution in [0.15, 0.2) is 60.7 Å². The van der Waals surface area contributed by atoms with E-state index in [0.717, 1.165) is 16.7 Å². The molecule has 3 aromatic rings. The Labute approximate surface area is 257 Å². The van der Waals surface area contributed by atoms with Crippen molar-refractivity contribution in [2.24, 2.45) is 5.92 Å². The maximum atomic E-state index is 15.0. The average Bonchev–Trinajstić information content (AvgIpc) is 2.96. The number of nitrogens with zero attached hydrogens (tertiary/aromatic N) is 2. The molecule has 3 aromatic carbocycles. The van der Waals surface area contributed by atoms with Gasteiger partial charge in [-0.2, -0.15) is 0 Å². The zero-order valence-corrected chi connectivity index (χ0v) is 25.7. The molecule has 1 N–H and O–H groups in total. The first kappa shape index (κ1) is 30.7. The minimum atomic E-state index is -0.628. The van der Waals surface area contributed by atoms with Gasteiger partial charge in [-0.3, -0.25) is 14.4 Å². The lowest BCUT2D eigenvalue weighted by molar-refractivity contribution is -0.156. The van der Waals surface area contributed by atoms with Gasteiger partial charge in [0.2, 0.25) is 11.8 Å². The third-order valence-electron chi connectivity index (χ3n) is 8.48. The second kappa shape index (κ2) is 12.5. The monoisotopic (exact) mass is 605 g/mol. The summed E-state index contributed by atoms with van der Waals surface area (Å²) in [5.41, 5.74) is 3.26. The maximum Gasteiger partial charge on any atom is 0.257 e. The van der Waals surface area contributed by atoms with Crippen LogP contribution in [0.1, 0.15) is 65.3 Å². The summed E-state index contributed by atoms with van der Waals surface area (Å²) < 4.78 is 20.4. The number of ether oxygens (including phenoxy) is 1. The summed E-state index contributed by atoms with van der Waals surface area (Å²) in [7, 11) is 0. The normalized spacial score (nSPS) is 20.2. The highest BCUT2D eigenvalue weighted by atomic mass is 35.5. The topological polar surface area (TPSA) is 79.0 Å². The van der Waals surface area contributed by atoms with Gasteiger partial charge in [0.05, 0.1) is 29.7 Å². The molecule has 2 aliphatic rings. The zero-order chi connectivity index (χ0) is 30.9. The van der Waals surface area contributed by atoms with E-state index in [1.165, 1.54) is 6.07 Å². The van der Waals surface area contributed by atoms with Crippen molar-refractivity contribution in [1.29, 1.82) is 0 Å². The van der Waals surface area contributed by atoms with Gasteiger partial charge in [0, 0.05) is 23.8 Å². The Kier molecular flexibility index (Phi) is 8.90. The summed E-state index contributed by atoms with van der Waals surface area (Å²) in [6.45, 7) is 8.85. The molecule has 2 fully saturated rings. The highest BCUT2D eigenvalue weighted by molar-refractivity contribution is 6.31. The molecule has 0 aromatic heterocycles. The second-order valence-electron chi connectivity index (χ2n) is 12.1. The Morgan fingerprint density at radius 2 is 1.81 bits per heavy atom. The molecule has 2 heterocycles. The molecular weight excluding hydrogens is 569 g/mol. The van der Waals surface area contributed by atoms with Gasteiger partial charge in [0.25, 0.3) is 5.91 Å². The smallest absolute Gasteiger partial charge is 0.257 e. The highest BCUT2D eigenvalue weighted by Gasteiger charge is 2.41. The summed E-state index contributed by atoms with van der Waals surface area (Å²) in [6, 6.07) is 17.0. The molecule has 0 spiro atoms. The molecule has 0 saturated carbocycles. The van der Waals surface area contributed by atoms with Crippen LogP contribution in [0, 0.1) is 25.6 Å². The molecule has 226 valence electrons. The molecule has 3 amide bonds. The van der Waals surface area contributed by atoms with Gasteiger partial charge in [-0.05, 0) is 81.0 Å². The van der Waals surface area contributed by atoms with Gasteiger partial charge >= 0.3 is 0 Å². The fourth-order valence-corrected chi connectivity index (χ4v) is 6.23. The second-order valence-corrected chi connectivity index (χ2v) is 12.5. The van der Waals surface area contributed by atoms with Gasteiger partial charge in [-0.1, -0.05) is 54.1 Å². The Morgan fingerprint density at radius 1 is 1.07 bits per heavy atom. The van der Waals surface area contributed by atoms with Crippen molar-refractivity contribution in [2.75, 3.05) is 25.1 Å². The largest absolute Gasteiger partial charge is 0.369 e. The van der Waals surface area contributed by atoms with Crippen molar-refractivity contribution in [3.8, 4) is 0 Å². The summed E-state index contributed by atoms with van der Waals surface area (Å²) in [6.07, 6.45) is 1.14. The third kappa shape index (κ3) is 6.45. The van der Waals surface area contributed by atoms with E-state index in [-0.39, 0.29) is 24.0 Å².